The minimum atomic E-state index is -1.52. The second kappa shape index (κ2) is 9.40. The van der Waals surface area contributed by atoms with Crippen molar-refractivity contribution in [1.29, 1.82) is 0 Å². The molecule has 0 aliphatic carbocycles. The summed E-state index contributed by atoms with van der Waals surface area (Å²) in [5, 5.41) is 11.9. The zero-order chi connectivity index (χ0) is 21.6. The van der Waals surface area contributed by atoms with E-state index in [1.807, 2.05) is 6.07 Å². The molecule has 158 valence electrons. The molecule has 9 nitrogen and oxygen atoms in total. The largest absolute Gasteiger partial charge is 0.480 e. The molecule has 9 heteroatoms. The summed E-state index contributed by atoms with van der Waals surface area (Å²) in [6, 6.07) is 6.41. The first-order chi connectivity index (χ1) is 13.6. The summed E-state index contributed by atoms with van der Waals surface area (Å²) >= 11 is 0. The number of nitrogens with zero attached hydrogens (tertiary/aromatic N) is 1. The lowest BCUT2D eigenvalue weighted by molar-refractivity contribution is -0.142. The molecule has 2 N–H and O–H groups in total. The fourth-order valence-electron chi connectivity index (χ4n) is 2.94. The summed E-state index contributed by atoms with van der Waals surface area (Å²) < 4.78 is 10.4. The van der Waals surface area contributed by atoms with E-state index >= 15 is 0 Å². The summed E-state index contributed by atoms with van der Waals surface area (Å²) in [7, 11) is 0. The van der Waals surface area contributed by atoms with Crippen molar-refractivity contribution in [2.45, 2.75) is 57.9 Å². The van der Waals surface area contributed by atoms with Gasteiger partial charge in [-0.1, -0.05) is 30.3 Å². The Kier molecular flexibility index (Phi) is 7.19. The van der Waals surface area contributed by atoms with Crippen LogP contribution in [0.4, 0.5) is 9.59 Å². The molecule has 2 atom stereocenters. The number of carboxylic acids is 1. The number of ether oxygens (including phenoxy) is 2. The van der Waals surface area contributed by atoms with Crippen LogP contribution in [0, 0.1) is 0 Å². The van der Waals surface area contributed by atoms with Crippen LogP contribution in [0.25, 0.3) is 0 Å². The smallest absolute Gasteiger partial charge is 0.410 e. The normalized spacial score (nSPS) is 18.0. The van der Waals surface area contributed by atoms with Crippen molar-refractivity contribution in [1.82, 2.24) is 10.2 Å². The van der Waals surface area contributed by atoms with Gasteiger partial charge >= 0.3 is 18.2 Å². The average molecular weight is 406 g/mol. The van der Waals surface area contributed by atoms with Crippen molar-refractivity contribution in [2.24, 2.45) is 0 Å². The second-order valence-electron chi connectivity index (χ2n) is 7.76. The molecular weight excluding hydrogens is 380 g/mol. The zero-order valence-electron chi connectivity index (χ0n) is 16.7. The van der Waals surface area contributed by atoms with E-state index in [4.69, 9.17) is 9.47 Å². The highest BCUT2D eigenvalue weighted by Crippen LogP contribution is 2.20. The van der Waals surface area contributed by atoms with Crippen LogP contribution in [0.2, 0.25) is 0 Å². The number of aliphatic carboxylic acids is 1. The first kappa shape index (κ1) is 22.2. The predicted octanol–water partition coefficient (Wildman–Crippen LogP) is 2.33. The number of carbonyl (C=O) groups is 4. The number of nitrogens with one attached hydrogen (secondary N) is 1. The van der Waals surface area contributed by atoms with Gasteiger partial charge in [0.05, 0.1) is 6.04 Å². The molecular formula is C20H26N2O7. The van der Waals surface area contributed by atoms with E-state index in [1.54, 1.807) is 45.0 Å². The Bertz CT molecular complexity index is 758. The molecule has 0 aromatic heterocycles. The van der Waals surface area contributed by atoms with Gasteiger partial charge in [0.15, 0.2) is 6.04 Å². The summed E-state index contributed by atoms with van der Waals surface area (Å²) in [5.74, 6) is -1.57. The highest BCUT2D eigenvalue weighted by molar-refractivity contribution is 5.86. The molecule has 2 amide bonds. The van der Waals surface area contributed by atoms with Gasteiger partial charge in [-0.25, -0.2) is 14.4 Å². The van der Waals surface area contributed by atoms with Gasteiger partial charge < -0.3 is 24.8 Å². The van der Waals surface area contributed by atoms with E-state index in [2.05, 4.69) is 5.32 Å². The number of likely N-dealkylation sites (tertiary alicyclic amines) is 1. The SMILES string of the molecule is CC(C)(C)OC(=O)NC(C(=O)O)[C@H]1CC(=O)CCN1C(=O)OCc1ccccc1. The number of carboxylic acid groups (broad SMARTS) is 1. The lowest BCUT2D eigenvalue weighted by Crippen LogP contribution is -2.60. The average Bonchev–Trinajstić information content (AvgIpc) is 2.63. The fraction of sp³-hybridized carbons (Fsp3) is 0.500. The number of carbonyl (C=O) groups excluding carboxylic acids is 3. The summed E-state index contributed by atoms with van der Waals surface area (Å²) in [5.41, 5.74) is -0.0590. The quantitative estimate of drug-likeness (QED) is 0.769. The maximum Gasteiger partial charge on any atom is 0.410 e. The van der Waals surface area contributed by atoms with E-state index in [0.29, 0.717) is 0 Å². The molecule has 0 saturated carbocycles. The number of alkyl carbamates (subject to hydrolysis) is 1. The molecule has 1 heterocycles. The Morgan fingerprint density at radius 2 is 1.90 bits per heavy atom. The molecule has 1 unspecified atom stereocenters. The van der Waals surface area contributed by atoms with Crippen LogP contribution in [0.5, 0.6) is 0 Å². The Morgan fingerprint density at radius 1 is 1.24 bits per heavy atom. The van der Waals surface area contributed by atoms with Crippen LogP contribution in [0.1, 0.15) is 39.2 Å². The van der Waals surface area contributed by atoms with Crippen molar-refractivity contribution in [3.63, 3.8) is 0 Å². The number of hydrogen-bond acceptors (Lipinski definition) is 6. The number of hydrogen-bond donors (Lipinski definition) is 2. The number of rotatable bonds is 5. The zero-order valence-corrected chi connectivity index (χ0v) is 16.7. The maximum atomic E-state index is 12.6. The Balaban J connectivity index is 2.12. The second-order valence-corrected chi connectivity index (χ2v) is 7.76. The molecule has 2 rings (SSSR count). The van der Waals surface area contributed by atoms with E-state index in [1.165, 1.54) is 4.90 Å². The molecule has 1 fully saturated rings. The lowest BCUT2D eigenvalue weighted by Gasteiger charge is -2.37. The summed E-state index contributed by atoms with van der Waals surface area (Å²) in [6.07, 6.45) is -1.80. The monoisotopic (exact) mass is 406 g/mol. The standard InChI is InChI=1S/C20H26N2O7/c1-20(2,3)29-18(26)21-16(17(24)25)15-11-14(23)9-10-22(15)19(27)28-12-13-7-5-4-6-8-13/h4-8,15-16H,9-12H2,1-3H3,(H,21,26)(H,24,25)/t15-,16?/m1/s1. The lowest BCUT2D eigenvalue weighted by atomic mass is 9.95. The highest BCUT2D eigenvalue weighted by atomic mass is 16.6. The maximum absolute atomic E-state index is 12.6. The van der Waals surface area contributed by atoms with Gasteiger partial charge in [0, 0.05) is 19.4 Å². The van der Waals surface area contributed by atoms with Crippen LogP contribution in [-0.2, 0) is 25.7 Å². The van der Waals surface area contributed by atoms with Crippen LogP contribution in [0.15, 0.2) is 30.3 Å². The Labute approximate surface area is 169 Å². The van der Waals surface area contributed by atoms with Gasteiger partial charge in [-0.2, -0.15) is 0 Å². The van der Waals surface area contributed by atoms with E-state index in [9.17, 15) is 24.3 Å². The topological polar surface area (TPSA) is 122 Å². The van der Waals surface area contributed by atoms with Crippen LogP contribution in [-0.4, -0.2) is 58.2 Å². The third-order valence-electron chi connectivity index (χ3n) is 4.23. The van der Waals surface area contributed by atoms with Crippen LogP contribution >= 0.6 is 0 Å². The van der Waals surface area contributed by atoms with Crippen molar-refractivity contribution in [3.8, 4) is 0 Å². The molecule has 0 radical (unpaired) electrons. The van der Waals surface area contributed by atoms with Crippen molar-refractivity contribution in [3.05, 3.63) is 35.9 Å². The van der Waals surface area contributed by atoms with E-state index in [0.717, 1.165) is 5.56 Å². The fourth-order valence-corrected chi connectivity index (χ4v) is 2.94. The van der Waals surface area contributed by atoms with Gasteiger partial charge in [0.25, 0.3) is 0 Å². The number of ketones is 1. The molecule has 1 saturated heterocycles. The number of benzene rings is 1. The van der Waals surface area contributed by atoms with Gasteiger partial charge in [-0.3, -0.25) is 4.79 Å². The van der Waals surface area contributed by atoms with E-state index < -0.39 is 35.8 Å². The minimum absolute atomic E-state index is 0.00801. The van der Waals surface area contributed by atoms with E-state index in [-0.39, 0.29) is 31.8 Å². The van der Waals surface area contributed by atoms with Crippen molar-refractivity contribution < 1.29 is 33.8 Å². The summed E-state index contributed by atoms with van der Waals surface area (Å²) in [6.45, 7) is 4.93. The molecule has 0 spiro atoms. The first-order valence-electron chi connectivity index (χ1n) is 9.28. The van der Waals surface area contributed by atoms with Crippen molar-refractivity contribution in [2.75, 3.05) is 6.54 Å². The van der Waals surface area contributed by atoms with Crippen LogP contribution in [0.3, 0.4) is 0 Å². The molecule has 1 aliphatic heterocycles. The molecule has 1 aromatic carbocycles. The molecule has 1 aromatic rings. The number of piperidine rings is 1. The van der Waals surface area contributed by atoms with Gasteiger partial charge in [0.2, 0.25) is 0 Å². The summed E-state index contributed by atoms with van der Waals surface area (Å²) in [4.78, 5) is 49.6. The van der Waals surface area contributed by atoms with Crippen LogP contribution < -0.4 is 5.32 Å². The molecule has 29 heavy (non-hydrogen) atoms. The third-order valence-corrected chi connectivity index (χ3v) is 4.23. The number of amides is 2. The molecule has 0 bridgehead atoms. The third kappa shape index (κ3) is 6.78. The van der Waals surface area contributed by atoms with Gasteiger partial charge in [-0.15, -0.1) is 0 Å². The number of Topliss-reactive ketones (excluding diaryl/α,β-unsaturated/α-hetero) is 1. The Hall–Kier alpha value is -3.10. The van der Waals surface area contributed by atoms with Gasteiger partial charge in [-0.05, 0) is 26.3 Å². The van der Waals surface area contributed by atoms with Gasteiger partial charge in [0.1, 0.15) is 18.0 Å². The minimum Gasteiger partial charge on any atom is -0.480 e. The predicted molar refractivity (Wildman–Crippen MR) is 102 cm³/mol. The molecule has 1 aliphatic rings. The first-order valence-corrected chi connectivity index (χ1v) is 9.28. The Morgan fingerprint density at radius 3 is 2.48 bits per heavy atom. The van der Waals surface area contributed by atoms with Crippen molar-refractivity contribution >= 4 is 23.9 Å². The highest BCUT2D eigenvalue weighted by Gasteiger charge is 2.41.